The second kappa shape index (κ2) is 9.85. The van der Waals surface area contributed by atoms with Crippen molar-refractivity contribution in [2.24, 2.45) is 10.9 Å². The summed E-state index contributed by atoms with van der Waals surface area (Å²) < 4.78 is 5.94. The summed E-state index contributed by atoms with van der Waals surface area (Å²) >= 11 is 1.43. The molecule has 3 aromatic rings. The lowest BCUT2D eigenvalue weighted by atomic mass is 9.90. The normalized spacial score (nSPS) is 17.9. The Balaban J connectivity index is 1.19. The van der Waals surface area contributed by atoms with Crippen molar-refractivity contribution in [1.29, 1.82) is 0 Å². The van der Waals surface area contributed by atoms with E-state index in [1.54, 1.807) is 25.1 Å². The van der Waals surface area contributed by atoms with Gasteiger partial charge in [0, 0.05) is 30.3 Å². The maximum atomic E-state index is 12.5. The molecule has 5 rings (SSSR count). The van der Waals surface area contributed by atoms with Crippen LogP contribution in [0, 0.1) is 5.92 Å². The number of carbonyl (C=O) groups excluding carboxylic acids is 2. The lowest BCUT2D eigenvalue weighted by Crippen LogP contribution is -2.37. The molecule has 172 valence electrons. The quantitative estimate of drug-likeness (QED) is 0.334. The Labute approximate surface area is 203 Å². The number of carbonyl (C=O) groups is 2. The van der Waals surface area contributed by atoms with Gasteiger partial charge in [-0.25, -0.2) is 0 Å². The molecule has 0 bridgehead atoms. The fourth-order valence-corrected chi connectivity index (χ4v) is 5.34. The topological polar surface area (TPSA) is 62.9 Å². The number of likely N-dealkylation sites (tertiary alicyclic amines) is 1. The van der Waals surface area contributed by atoms with E-state index in [4.69, 9.17) is 4.42 Å². The first-order valence-electron chi connectivity index (χ1n) is 11.6. The fourth-order valence-electron chi connectivity index (χ4n) is 4.39. The molecule has 0 saturated carbocycles. The van der Waals surface area contributed by atoms with Gasteiger partial charge in [-0.3, -0.25) is 9.59 Å². The van der Waals surface area contributed by atoms with Gasteiger partial charge in [0.15, 0.2) is 11.0 Å². The Morgan fingerprint density at radius 1 is 1.06 bits per heavy atom. The van der Waals surface area contributed by atoms with Crippen LogP contribution in [0.2, 0.25) is 0 Å². The highest BCUT2D eigenvalue weighted by atomic mass is 32.2. The van der Waals surface area contributed by atoms with Crippen LogP contribution in [0.3, 0.4) is 0 Å². The van der Waals surface area contributed by atoms with Gasteiger partial charge in [0.2, 0.25) is 0 Å². The van der Waals surface area contributed by atoms with E-state index in [0.717, 1.165) is 43.1 Å². The second-order valence-electron chi connectivity index (χ2n) is 8.77. The Kier molecular flexibility index (Phi) is 6.50. The lowest BCUT2D eigenvalue weighted by Gasteiger charge is -2.32. The van der Waals surface area contributed by atoms with E-state index in [0.29, 0.717) is 27.9 Å². The number of hydrogen-bond donors (Lipinski definition) is 0. The van der Waals surface area contributed by atoms with E-state index >= 15 is 0 Å². The minimum absolute atomic E-state index is 0.0319. The van der Waals surface area contributed by atoms with E-state index < -0.39 is 0 Å². The summed E-state index contributed by atoms with van der Waals surface area (Å²) in [6.45, 7) is 3.39. The largest absolute Gasteiger partial charge is 0.457 e. The summed E-state index contributed by atoms with van der Waals surface area (Å²) in [5, 5.41) is 0.793. The van der Waals surface area contributed by atoms with Gasteiger partial charge in [0.05, 0.1) is 4.91 Å². The maximum Gasteiger partial charge on any atom is 0.286 e. The van der Waals surface area contributed by atoms with Crippen LogP contribution in [-0.2, 0) is 11.2 Å². The second-order valence-corrected chi connectivity index (χ2v) is 9.77. The van der Waals surface area contributed by atoms with Crippen molar-refractivity contribution in [2.75, 3.05) is 13.1 Å². The lowest BCUT2D eigenvalue weighted by molar-refractivity contribution is -0.113. The minimum atomic E-state index is -0.213. The van der Waals surface area contributed by atoms with Crippen LogP contribution in [0.15, 0.2) is 81.0 Å². The van der Waals surface area contributed by atoms with Crippen LogP contribution in [0.4, 0.5) is 0 Å². The van der Waals surface area contributed by atoms with Crippen molar-refractivity contribution in [3.05, 3.63) is 88.5 Å². The van der Waals surface area contributed by atoms with Crippen LogP contribution in [0.5, 0.6) is 0 Å². The van der Waals surface area contributed by atoms with Crippen molar-refractivity contribution in [3.63, 3.8) is 0 Å². The molecule has 0 radical (unpaired) electrons. The number of benzene rings is 2. The molecule has 1 saturated heterocycles. The molecule has 0 aliphatic carbocycles. The zero-order chi connectivity index (χ0) is 23.5. The number of furan rings is 1. The van der Waals surface area contributed by atoms with Gasteiger partial charge in [-0.15, -0.1) is 0 Å². The molecule has 1 fully saturated rings. The summed E-state index contributed by atoms with van der Waals surface area (Å²) in [6, 6.07) is 21.7. The van der Waals surface area contributed by atoms with Crippen molar-refractivity contribution in [3.8, 4) is 11.3 Å². The smallest absolute Gasteiger partial charge is 0.286 e. The van der Waals surface area contributed by atoms with Crippen LogP contribution in [0.25, 0.3) is 17.4 Å². The Morgan fingerprint density at radius 2 is 1.79 bits per heavy atom. The molecule has 5 nitrogen and oxygen atoms in total. The molecule has 2 aliphatic rings. The van der Waals surface area contributed by atoms with Gasteiger partial charge in [-0.2, -0.15) is 4.99 Å². The van der Waals surface area contributed by atoms with Gasteiger partial charge in [-0.05, 0) is 61.6 Å². The molecule has 1 aromatic heterocycles. The molecule has 6 heteroatoms. The number of aliphatic imine (C=N–C) groups is 1. The minimum Gasteiger partial charge on any atom is -0.457 e. The SMILES string of the molecule is CC(=O)c1ccc(-c2ccc(C=C3SC(N4CCC(Cc5ccccc5)CC4)=NC3=O)o2)cc1. The molecule has 34 heavy (non-hydrogen) atoms. The summed E-state index contributed by atoms with van der Waals surface area (Å²) in [6.07, 6.45) is 5.08. The van der Waals surface area contributed by atoms with Gasteiger partial charge >= 0.3 is 0 Å². The van der Waals surface area contributed by atoms with Crippen molar-refractivity contribution in [1.82, 2.24) is 4.90 Å². The van der Waals surface area contributed by atoms with Gasteiger partial charge in [-0.1, -0.05) is 54.6 Å². The zero-order valence-electron chi connectivity index (χ0n) is 19.1. The summed E-state index contributed by atoms with van der Waals surface area (Å²) in [5.41, 5.74) is 2.94. The first-order valence-corrected chi connectivity index (χ1v) is 12.4. The van der Waals surface area contributed by atoms with Crippen molar-refractivity contribution >= 4 is 34.7 Å². The summed E-state index contributed by atoms with van der Waals surface area (Å²) in [4.78, 5) is 31.1. The molecule has 1 amide bonds. The van der Waals surface area contributed by atoms with E-state index in [1.165, 1.54) is 17.3 Å². The van der Waals surface area contributed by atoms with Gasteiger partial charge in [0.1, 0.15) is 11.5 Å². The number of thioether (sulfide) groups is 1. The number of piperidine rings is 1. The third-order valence-corrected chi connectivity index (χ3v) is 7.38. The first-order chi connectivity index (χ1) is 16.5. The highest BCUT2D eigenvalue weighted by Crippen LogP contribution is 2.33. The molecule has 0 unspecified atom stereocenters. The molecule has 0 N–H and O–H groups in total. The maximum absolute atomic E-state index is 12.5. The number of Topliss-reactive ketones (excluding diaryl/α,β-unsaturated/α-hetero) is 1. The molecular weight excluding hydrogens is 444 g/mol. The first kappa shape index (κ1) is 22.4. The van der Waals surface area contributed by atoms with E-state index in [9.17, 15) is 9.59 Å². The third-order valence-electron chi connectivity index (χ3n) is 6.34. The third kappa shape index (κ3) is 5.07. The van der Waals surface area contributed by atoms with Crippen molar-refractivity contribution < 1.29 is 14.0 Å². The van der Waals surface area contributed by atoms with Gasteiger partial charge < -0.3 is 9.32 Å². The fraction of sp³-hybridized carbons (Fsp3) is 0.250. The number of ketones is 1. The number of hydrogen-bond acceptors (Lipinski definition) is 5. The Hall–Kier alpha value is -3.38. The molecular formula is C28H26N2O3S. The number of nitrogens with zero attached hydrogens (tertiary/aromatic N) is 2. The highest BCUT2D eigenvalue weighted by Gasteiger charge is 2.29. The van der Waals surface area contributed by atoms with E-state index in [1.807, 2.05) is 24.3 Å². The average Bonchev–Trinajstić information content (AvgIpc) is 3.47. The average molecular weight is 471 g/mol. The van der Waals surface area contributed by atoms with Crippen LogP contribution in [-0.4, -0.2) is 34.8 Å². The molecule has 0 atom stereocenters. The monoisotopic (exact) mass is 470 g/mol. The van der Waals surface area contributed by atoms with Crippen LogP contribution >= 0.6 is 11.8 Å². The zero-order valence-corrected chi connectivity index (χ0v) is 19.9. The predicted octanol–water partition coefficient (Wildman–Crippen LogP) is 6.07. The summed E-state index contributed by atoms with van der Waals surface area (Å²) in [5.74, 6) is 1.79. The number of amides is 1. The number of rotatable bonds is 5. The van der Waals surface area contributed by atoms with Crippen molar-refractivity contribution in [2.45, 2.75) is 26.2 Å². The molecule has 2 aromatic carbocycles. The van der Waals surface area contributed by atoms with E-state index in [2.05, 4.69) is 40.2 Å². The number of amidine groups is 1. The van der Waals surface area contributed by atoms with Crippen LogP contribution in [0.1, 0.15) is 41.4 Å². The standard InChI is InChI=1S/C28H26N2O3S/c1-19(31)22-7-9-23(10-8-22)25-12-11-24(33-25)18-26-27(32)29-28(34-26)30-15-13-21(14-16-30)17-20-5-3-2-4-6-20/h2-12,18,21H,13-17H2,1H3. The molecule has 3 heterocycles. The van der Waals surface area contributed by atoms with Crippen LogP contribution < -0.4 is 0 Å². The van der Waals surface area contributed by atoms with Gasteiger partial charge in [0.25, 0.3) is 5.91 Å². The Bertz CT molecular complexity index is 1250. The highest BCUT2D eigenvalue weighted by molar-refractivity contribution is 8.18. The molecule has 2 aliphatic heterocycles. The Morgan fingerprint density at radius 3 is 2.50 bits per heavy atom. The van der Waals surface area contributed by atoms with E-state index in [-0.39, 0.29) is 11.7 Å². The molecule has 0 spiro atoms. The summed E-state index contributed by atoms with van der Waals surface area (Å²) in [7, 11) is 0. The predicted molar refractivity (Wildman–Crippen MR) is 137 cm³/mol.